The normalized spacial score (nSPS) is 12.9. The molecular weight excluding hydrogens is 941 g/mol. The summed E-state index contributed by atoms with van der Waals surface area (Å²) in [6.07, 6.45) is 0. The molecule has 0 bridgehead atoms. The van der Waals surface area contributed by atoms with E-state index in [-0.39, 0.29) is 10.8 Å². The van der Waals surface area contributed by atoms with Crippen LogP contribution < -0.4 is 0 Å². The highest BCUT2D eigenvalue weighted by Crippen LogP contribution is 2.50. The molecule has 7 heteroatoms. The van der Waals surface area contributed by atoms with E-state index in [4.69, 9.17) is 24.4 Å². The SMILES string of the molecule is CC(C)C(c1ccc2c(c1)c1cc3c(cc1n2-c1cccc(-c2ccc4oc5ccccc5c4c2)n1)c1cc(C(C(C)C)(C(C)C)C(C)C)ccc1n3-c1nc(-c2ccccc2)nc(-c2ccccc2)n1)(C(C)C)C(C)C. The third-order valence-corrected chi connectivity index (χ3v) is 17.9. The van der Waals surface area contributed by atoms with E-state index in [1.54, 1.807) is 0 Å². The lowest BCUT2D eigenvalue weighted by Gasteiger charge is -2.46. The molecule has 386 valence electrons. The fraction of sp³-hybridized carbons (Fsp3) is 0.286. The molecule has 7 nitrogen and oxygen atoms in total. The van der Waals surface area contributed by atoms with Crippen molar-refractivity contribution in [3.63, 3.8) is 0 Å². The van der Waals surface area contributed by atoms with Crippen LogP contribution in [-0.4, -0.2) is 29.1 Å². The van der Waals surface area contributed by atoms with Crippen molar-refractivity contribution in [1.29, 1.82) is 0 Å². The van der Waals surface area contributed by atoms with Gasteiger partial charge in [-0.1, -0.05) is 180 Å². The maximum absolute atomic E-state index is 6.27. The van der Waals surface area contributed by atoms with E-state index in [1.165, 1.54) is 16.5 Å². The Balaban J connectivity index is 1.20. The van der Waals surface area contributed by atoms with Gasteiger partial charge in [-0.2, -0.15) is 9.97 Å². The average molecular weight is 1010 g/mol. The van der Waals surface area contributed by atoms with Gasteiger partial charge in [0, 0.05) is 59.8 Å². The predicted molar refractivity (Wildman–Crippen MR) is 322 cm³/mol. The fourth-order valence-electron chi connectivity index (χ4n) is 15.0. The van der Waals surface area contributed by atoms with E-state index in [0.29, 0.717) is 53.1 Å². The number of nitrogens with zero attached hydrogens (tertiary/aromatic N) is 6. The third kappa shape index (κ3) is 7.74. The molecule has 0 radical (unpaired) electrons. The van der Waals surface area contributed by atoms with Crippen LogP contribution in [0.1, 0.15) is 94.2 Å². The van der Waals surface area contributed by atoms with E-state index < -0.39 is 0 Å². The highest BCUT2D eigenvalue weighted by atomic mass is 16.3. The molecule has 0 amide bonds. The second-order valence-electron chi connectivity index (χ2n) is 23.5. The lowest BCUT2D eigenvalue weighted by atomic mass is 9.58. The first-order valence-electron chi connectivity index (χ1n) is 28.0. The molecule has 7 aromatic carbocycles. The minimum absolute atomic E-state index is 0.0750. The first-order valence-corrected chi connectivity index (χ1v) is 28.0. The number of benzene rings is 7. The highest BCUT2D eigenvalue weighted by Gasteiger charge is 2.43. The summed E-state index contributed by atoms with van der Waals surface area (Å²) in [5.74, 6) is 5.06. The van der Waals surface area contributed by atoms with Crippen LogP contribution in [0.15, 0.2) is 174 Å². The average Bonchev–Trinajstić information content (AvgIpc) is 4.31. The Morgan fingerprint density at radius 2 is 0.805 bits per heavy atom. The summed E-state index contributed by atoms with van der Waals surface area (Å²) in [7, 11) is 0. The van der Waals surface area contributed by atoms with Gasteiger partial charge in [-0.05, 0) is 119 Å². The van der Waals surface area contributed by atoms with Crippen LogP contribution in [0, 0.1) is 35.5 Å². The van der Waals surface area contributed by atoms with Gasteiger partial charge in [0.05, 0.1) is 27.8 Å². The van der Waals surface area contributed by atoms with Crippen molar-refractivity contribution < 1.29 is 4.42 Å². The van der Waals surface area contributed by atoms with E-state index in [1.807, 2.05) is 48.5 Å². The molecule has 5 aromatic heterocycles. The number of pyridine rings is 1. The minimum atomic E-state index is -0.0853. The molecule has 0 aliphatic carbocycles. The molecule has 0 saturated heterocycles. The van der Waals surface area contributed by atoms with E-state index in [0.717, 1.165) is 88.4 Å². The quantitative estimate of drug-likeness (QED) is 0.115. The number of para-hydroxylation sites is 1. The van der Waals surface area contributed by atoms with Gasteiger partial charge in [-0.25, -0.2) is 9.97 Å². The molecule has 0 unspecified atom stereocenters. The maximum Gasteiger partial charge on any atom is 0.238 e. The number of hydrogen-bond donors (Lipinski definition) is 0. The lowest BCUT2D eigenvalue weighted by molar-refractivity contribution is 0.148. The first kappa shape index (κ1) is 49.9. The van der Waals surface area contributed by atoms with E-state index in [9.17, 15) is 0 Å². The van der Waals surface area contributed by atoms with Gasteiger partial charge in [-0.3, -0.25) is 9.13 Å². The molecule has 0 atom stereocenters. The van der Waals surface area contributed by atoms with Gasteiger partial charge in [0.1, 0.15) is 17.0 Å². The molecule has 5 heterocycles. The Bertz CT molecular complexity index is 4090. The fourth-order valence-corrected chi connectivity index (χ4v) is 15.0. The summed E-state index contributed by atoms with van der Waals surface area (Å²) >= 11 is 0. The van der Waals surface area contributed by atoms with Gasteiger partial charge in [0.15, 0.2) is 11.6 Å². The van der Waals surface area contributed by atoms with Crippen molar-refractivity contribution in [2.45, 2.75) is 93.9 Å². The summed E-state index contributed by atoms with van der Waals surface area (Å²) in [4.78, 5) is 21.6. The first-order chi connectivity index (χ1) is 37.1. The molecule has 0 fully saturated rings. The second kappa shape index (κ2) is 19.0. The molecule has 77 heavy (non-hydrogen) atoms. The molecule has 0 saturated carbocycles. The molecule has 0 aliphatic rings. The van der Waals surface area contributed by atoms with Crippen LogP contribution in [0.3, 0.4) is 0 Å². The van der Waals surface area contributed by atoms with Crippen LogP contribution in [0.2, 0.25) is 0 Å². The van der Waals surface area contributed by atoms with Crippen molar-refractivity contribution in [3.05, 3.63) is 181 Å². The maximum atomic E-state index is 6.27. The Morgan fingerprint density at radius 1 is 0.338 bits per heavy atom. The van der Waals surface area contributed by atoms with Crippen molar-refractivity contribution >= 4 is 65.6 Å². The van der Waals surface area contributed by atoms with Crippen molar-refractivity contribution in [2.24, 2.45) is 35.5 Å². The molecular formula is C70H70N6O. The topological polar surface area (TPSA) is 74.6 Å². The Hall–Kier alpha value is -7.90. The highest BCUT2D eigenvalue weighted by molar-refractivity contribution is 6.19. The Morgan fingerprint density at radius 3 is 1.34 bits per heavy atom. The molecule has 0 spiro atoms. The number of fused-ring (bicyclic) bond motifs is 9. The van der Waals surface area contributed by atoms with Crippen LogP contribution in [0.4, 0.5) is 0 Å². The Kier molecular flexibility index (Phi) is 12.3. The summed E-state index contributed by atoms with van der Waals surface area (Å²) in [6, 6.07) is 61.1. The summed E-state index contributed by atoms with van der Waals surface area (Å²) < 4.78 is 11.0. The van der Waals surface area contributed by atoms with Crippen molar-refractivity contribution in [1.82, 2.24) is 29.1 Å². The number of rotatable bonds is 13. The molecule has 12 aromatic rings. The smallest absolute Gasteiger partial charge is 0.238 e. The largest absolute Gasteiger partial charge is 0.456 e. The number of hydrogen-bond acceptors (Lipinski definition) is 5. The summed E-state index contributed by atoms with van der Waals surface area (Å²) in [5, 5.41) is 6.79. The number of furan rings is 1. The summed E-state index contributed by atoms with van der Waals surface area (Å²) in [6.45, 7) is 28.8. The molecule has 12 rings (SSSR count). The van der Waals surface area contributed by atoms with Gasteiger partial charge in [-0.15, -0.1) is 0 Å². The zero-order chi connectivity index (χ0) is 53.7. The van der Waals surface area contributed by atoms with Crippen LogP contribution in [0.5, 0.6) is 0 Å². The van der Waals surface area contributed by atoms with Gasteiger partial charge >= 0.3 is 0 Å². The van der Waals surface area contributed by atoms with Gasteiger partial charge in [0.25, 0.3) is 0 Å². The number of aromatic nitrogens is 6. The minimum Gasteiger partial charge on any atom is -0.456 e. The van der Waals surface area contributed by atoms with Crippen LogP contribution >= 0.6 is 0 Å². The van der Waals surface area contributed by atoms with E-state index >= 15 is 0 Å². The molecule has 0 aliphatic heterocycles. The van der Waals surface area contributed by atoms with Gasteiger partial charge < -0.3 is 4.42 Å². The van der Waals surface area contributed by atoms with Crippen molar-refractivity contribution in [3.8, 4) is 45.8 Å². The standard InChI is InChI=1S/C70H70N6O/c1-41(2)69(42(3)4,43(5)6)50-31-33-59-53(37-50)55-40-62-56(39-61(55)75(59)65-29-21-27-58(71-65)49-30-35-64-57(36-49)52-26-19-20-28-63(52)77-64)54-38-51(70(44(7)8,45(9)10)46(11)12)32-34-60(54)76(62)68-73-66(47-22-15-13-16-23-47)72-67(74-68)48-24-17-14-18-25-48/h13-46H,1-12H3. The Labute approximate surface area is 453 Å². The predicted octanol–water partition coefficient (Wildman–Crippen LogP) is 18.8. The lowest BCUT2D eigenvalue weighted by Crippen LogP contribution is -2.42. The zero-order valence-corrected chi connectivity index (χ0v) is 46.7. The zero-order valence-electron chi connectivity index (χ0n) is 46.7. The molecule has 0 N–H and O–H groups in total. The summed E-state index contributed by atoms with van der Waals surface area (Å²) in [5.41, 5.74) is 12.4. The van der Waals surface area contributed by atoms with Crippen molar-refractivity contribution in [2.75, 3.05) is 0 Å². The van der Waals surface area contributed by atoms with Crippen LogP contribution in [-0.2, 0) is 10.8 Å². The van der Waals surface area contributed by atoms with E-state index in [2.05, 4.69) is 214 Å². The monoisotopic (exact) mass is 1010 g/mol. The van der Waals surface area contributed by atoms with Gasteiger partial charge in [0.2, 0.25) is 5.95 Å². The van der Waals surface area contributed by atoms with Crippen LogP contribution in [0.25, 0.3) is 111 Å². The second-order valence-corrected chi connectivity index (χ2v) is 23.5. The third-order valence-electron chi connectivity index (χ3n) is 17.9.